The number of nitrogens with one attached hydrogen (secondary N) is 2. The molecule has 2 heterocycles. The number of rotatable bonds is 6. The molecular weight excluding hydrogens is 468 g/mol. The maximum Gasteiger partial charge on any atom is 0.257 e. The van der Waals surface area contributed by atoms with Crippen molar-refractivity contribution in [2.24, 2.45) is 0 Å². The standard InChI is InChI=1S/C29H22N4O2S/c1-19-8-2-6-12-24(19)31-25-14-28(34)33(16-21-10-4-3-9-20(21)15-30)17-26(25)32-29(35)23-18-36-27-13-7-5-11-22(23)27/h2-14,17-18,31H,16H2,1H3,(H,32,35). The molecule has 0 bridgehead atoms. The fraction of sp³-hybridized carbons (Fsp3) is 0.0690. The van der Waals surface area contributed by atoms with E-state index in [1.807, 2.05) is 73.0 Å². The molecule has 0 unspecified atom stereocenters. The van der Waals surface area contributed by atoms with E-state index in [2.05, 4.69) is 16.7 Å². The lowest BCUT2D eigenvalue weighted by molar-refractivity contribution is 0.102. The van der Waals surface area contributed by atoms with E-state index < -0.39 is 0 Å². The minimum Gasteiger partial charge on any atom is -0.353 e. The van der Waals surface area contributed by atoms with Crippen molar-refractivity contribution in [2.45, 2.75) is 13.5 Å². The van der Waals surface area contributed by atoms with Crippen LogP contribution in [-0.2, 0) is 6.54 Å². The van der Waals surface area contributed by atoms with E-state index in [1.54, 1.807) is 18.3 Å². The van der Waals surface area contributed by atoms with Crippen molar-refractivity contribution < 1.29 is 4.79 Å². The van der Waals surface area contributed by atoms with Gasteiger partial charge in [0, 0.05) is 33.4 Å². The van der Waals surface area contributed by atoms with Gasteiger partial charge in [-0.2, -0.15) is 5.26 Å². The summed E-state index contributed by atoms with van der Waals surface area (Å²) in [7, 11) is 0. The molecule has 5 aromatic rings. The van der Waals surface area contributed by atoms with Gasteiger partial charge in [-0.15, -0.1) is 11.3 Å². The highest BCUT2D eigenvalue weighted by Gasteiger charge is 2.16. The van der Waals surface area contributed by atoms with Crippen LogP contribution in [0.5, 0.6) is 0 Å². The maximum atomic E-state index is 13.4. The summed E-state index contributed by atoms with van der Waals surface area (Å²) in [6.07, 6.45) is 1.63. The number of hydrogen-bond acceptors (Lipinski definition) is 5. The Morgan fingerprint density at radius 3 is 2.56 bits per heavy atom. The molecule has 0 spiro atoms. The Kier molecular flexibility index (Phi) is 6.35. The molecule has 2 N–H and O–H groups in total. The highest BCUT2D eigenvalue weighted by molar-refractivity contribution is 7.17. The van der Waals surface area contributed by atoms with Gasteiger partial charge in [0.1, 0.15) is 0 Å². The van der Waals surface area contributed by atoms with Crippen molar-refractivity contribution in [3.8, 4) is 6.07 Å². The number of para-hydroxylation sites is 1. The average Bonchev–Trinajstić information content (AvgIpc) is 3.33. The fourth-order valence-electron chi connectivity index (χ4n) is 4.05. The van der Waals surface area contributed by atoms with Gasteiger partial charge in [-0.25, -0.2) is 0 Å². The minimum absolute atomic E-state index is 0.206. The number of thiophene rings is 1. The molecule has 0 aliphatic heterocycles. The van der Waals surface area contributed by atoms with E-state index >= 15 is 0 Å². The van der Waals surface area contributed by atoms with Crippen LogP contribution >= 0.6 is 11.3 Å². The van der Waals surface area contributed by atoms with E-state index in [0.29, 0.717) is 22.5 Å². The Morgan fingerprint density at radius 2 is 1.72 bits per heavy atom. The molecule has 176 valence electrons. The van der Waals surface area contributed by atoms with Crippen LogP contribution in [0.2, 0.25) is 0 Å². The van der Waals surface area contributed by atoms with Gasteiger partial charge in [0.25, 0.3) is 11.5 Å². The fourth-order valence-corrected chi connectivity index (χ4v) is 4.99. The van der Waals surface area contributed by atoms with Crippen molar-refractivity contribution in [1.29, 1.82) is 5.26 Å². The number of carbonyl (C=O) groups is 1. The molecule has 0 radical (unpaired) electrons. The van der Waals surface area contributed by atoms with E-state index in [-0.39, 0.29) is 18.0 Å². The van der Waals surface area contributed by atoms with Crippen LogP contribution in [0.1, 0.15) is 27.0 Å². The third-order valence-corrected chi connectivity index (χ3v) is 6.96. The predicted octanol–water partition coefficient (Wildman–Crippen LogP) is 6.29. The number of nitriles is 1. The first-order valence-electron chi connectivity index (χ1n) is 11.4. The third-order valence-electron chi connectivity index (χ3n) is 5.99. The Morgan fingerprint density at radius 1 is 0.972 bits per heavy atom. The quantitative estimate of drug-likeness (QED) is 0.293. The lowest BCUT2D eigenvalue weighted by Gasteiger charge is -2.17. The summed E-state index contributed by atoms with van der Waals surface area (Å²) in [6, 6.07) is 26.3. The van der Waals surface area contributed by atoms with Gasteiger partial charge in [0.2, 0.25) is 0 Å². The van der Waals surface area contributed by atoms with Crippen molar-refractivity contribution in [1.82, 2.24) is 4.57 Å². The smallest absolute Gasteiger partial charge is 0.257 e. The second-order valence-corrected chi connectivity index (χ2v) is 9.29. The Bertz CT molecular complexity index is 1690. The normalized spacial score (nSPS) is 10.7. The minimum atomic E-state index is -0.261. The summed E-state index contributed by atoms with van der Waals surface area (Å²) in [5.41, 5.74) is 4.35. The maximum absolute atomic E-state index is 13.4. The summed E-state index contributed by atoms with van der Waals surface area (Å²) in [4.78, 5) is 26.4. The molecule has 3 aromatic carbocycles. The van der Waals surface area contributed by atoms with E-state index in [9.17, 15) is 14.9 Å². The van der Waals surface area contributed by atoms with Crippen LogP contribution in [0.15, 0.2) is 95.2 Å². The van der Waals surface area contributed by atoms with Crippen LogP contribution in [0, 0.1) is 18.3 Å². The lowest BCUT2D eigenvalue weighted by Crippen LogP contribution is -2.23. The topological polar surface area (TPSA) is 86.9 Å². The largest absolute Gasteiger partial charge is 0.353 e. The molecular formula is C29H22N4O2S. The van der Waals surface area contributed by atoms with Gasteiger partial charge in [-0.1, -0.05) is 54.6 Å². The van der Waals surface area contributed by atoms with Crippen LogP contribution in [0.3, 0.4) is 0 Å². The second kappa shape index (κ2) is 9.90. The van der Waals surface area contributed by atoms with Gasteiger partial charge in [-0.3, -0.25) is 9.59 Å². The first-order valence-corrected chi connectivity index (χ1v) is 12.2. The molecule has 0 saturated heterocycles. The lowest BCUT2D eigenvalue weighted by atomic mass is 10.1. The molecule has 0 atom stereocenters. The number of amides is 1. The Balaban J connectivity index is 1.56. The molecule has 2 aromatic heterocycles. The highest BCUT2D eigenvalue weighted by atomic mass is 32.1. The number of aromatic nitrogens is 1. The van der Waals surface area contributed by atoms with Crippen molar-refractivity contribution >= 4 is 44.4 Å². The summed E-state index contributed by atoms with van der Waals surface area (Å²) < 4.78 is 2.53. The van der Waals surface area contributed by atoms with Gasteiger partial charge >= 0.3 is 0 Å². The summed E-state index contributed by atoms with van der Waals surface area (Å²) >= 11 is 1.51. The molecule has 0 fully saturated rings. The number of benzene rings is 3. The number of hydrogen-bond donors (Lipinski definition) is 2. The highest BCUT2D eigenvalue weighted by Crippen LogP contribution is 2.29. The SMILES string of the molecule is Cc1ccccc1Nc1cc(=O)n(Cc2ccccc2C#N)cc1NC(=O)c1csc2ccccc12. The molecule has 36 heavy (non-hydrogen) atoms. The zero-order valence-electron chi connectivity index (χ0n) is 19.5. The van der Waals surface area contributed by atoms with Crippen molar-refractivity contribution in [2.75, 3.05) is 10.6 Å². The molecule has 5 rings (SSSR count). The summed E-state index contributed by atoms with van der Waals surface area (Å²) in [5.74, 6) is -0.261. The zero-order valence-corrected chi connectivity index (χ0v) is 20.3. The predicted molar refractivity (Wildman–Crippen MR) is 145 cm³/mol. The van der Waals surface area contributed by atoms with Gasteiger partial charge in [0.05, 0.1) is 35.1 Å². The third kappa shape index (κ3) is 4.63. The van der Waals surface area contributed by atoms with Gasteiger partial charge in [0.15, 0.2) is 0 Å². The molecule has 0 aliphatic carbocycles. The van der Waals surface area contributed by atoms with Crippen LogP contribution in [0.25, 0.3) is 10.1 Å². The average molecular weight is 491 g/mol. The molecule has 1 amide bonds. The molecule has 0 aliphatic rings. The Hall–Kier alpha value is -4.67. The number of nitrogens with zero attached hydrogens (tertiary/aromatic N) is 2. The van der Waals surface area contributed by atoms with Crippen molar-refractivity contribution in [3.05, 3.63) is 123 Å². The van der Waals surface area contributed by atoms with Crippen LogP contribution in [0.4, 0.5) is 17.1 Å². The van der Waals surface area contributed by atoms with Crippen LogP contribution < -0.4 is 16.2 Å². The van der Waals surface area contributed by atoms with Gasteiger partial charge < -0.3 is 15.2 Å². The Labute approximate surface area is 212 Å². The summed E-state index contributed by atoms with van der Waals surface area (Å²) in [6.45, 7) is 2.18. The summed E-state index contributed by atoms with van der Waals surface area (Å²) in [5, 5.41) is 18.5. The van der Waals surface area contributed by atoms with E-state index in [1.165, 1.54) is 22.0 Å². The first kappa shape index (κ1) is 23.1. The van der Waals surface area contributed by atoms with E-state index in [0.717, 1.165) is 26.9 Å². The number of carbonyl (C=O) groups excluding carboxylic acids is 1. The molecule has 0 saturated carbocycles. The second-order valence-electron chi connectivity index (χ2n) is 8.38. The van der Waals surface area contributed by atoms with Crippen LogP contribution in [-0.4, -0.2) is 10.5 Å². The molecule has 7 heteroatoms. The molecule has 6 nitrogen and oxygen atoms in total. The first-order chi connectivity index (χ1) is 17.5. The van der Waals surface area contributed by atoms with Crippen molar-refractivity contribution in [3.63, 3.8) is 0 Å². The number of anilines is 3. The van der Waals surface area contributed by atoms with Gasteiger partial charge in [-0.05, 0) is 36.2 Å². The number of aryl methyl sites for hydroxylation is 1. The number of fused-ring (bicyclic) bond motifs is 1. The zero-order chi connectivity index (χ0) is 25.1. The number of pyridine rings is 1. The van der Waals surface area contributed by atoms with E-state index in [4.69, 9.17) is 0 Å². The monoisotopic (exact) mass is 490 g/mol.